The van der Waals surface area contributed by atoms with E-state index in [0.717, 1.165) is 6.92 Å². The van der Waals surface area contributed by atoms with Crippen LogP contribution in [0.3, 0.4) is 0 Å². The Bertz CT molecular complexity index is 729. The summed E-state index contributed by atoms with van der Waals surface area (Å²) in [6, 6.07) is -6.40. The van der Waals surface area contributed by atoms with Crippen molar-refractivity contribution in [3.63, 3.8) is 0 Å². The molecule has 0 saturated carbocycles. The van der Waals surface area contributed by atoms with Crippen molar-refractivity contribution in [1.29, 1.82) is 0 Å². The average Bonchev–Trinajstić information content (AvgIpc) is 2.69. The van der Waals surface area contributed by atoms with Crippen LogP contribution in [0, 0.1) is 0 Å². The molecule has 0 bridgehead atoms. The summed E-state index contributed by atoms with van der Waals surface area (Å²) in [5.74, 6) is -7.93. The number of hydrogen-bond donors (Lipinski definition) is 9. The number of carboxylic acids is 3. The Kier molecular flexibility index (Phi) is 13.2. The van der Waals surface area contributed by atoms with Crippen LogP contribution in [0.4, 0.5) is 0 Å². The Labute approximate surface area is 188 Å². The maximum absolute atomic E-state index is 12.6. The molecule has 11 N–H and O–H groups in total. The topological polar surface area (TPSA) is 271 Å². The van der Waals surface area contributed by atoms with Gasteiger partial charge in [0.2, 0.25) is 17.7 Å². The van der Waals surface area contributed by atoms with Crippen molar-refractivity contribution in [2.45, 2.75) is 69.3 Å². The first-order chi connectivity index (χ1) is 15.3. The maximum atomic E-state index is 12.6. The van der Waals surface area contributed by atoms with Crippen molar-refractivity contribution in [3.8, 4) is 0 Å². The number of amides is 3. The van der Waals surface area contributed by atoms with E-state index in [2.05, 4.69) is 5.32 Å². The largest absolute Gasteiger partial charge is 0.481 e. The van der Waals surface area contributed by atoms with Gasteiger partial charge in [0.25, 0.3) is 0 Å². The molecule has 0 aliphatic heterocycles. The minimum atomic E-state index is -1.83. The van der Waals surface area contributed by atoms with Gasteiger partial charge in [-0.3, -0.25) is 24.0 Å². The van der Waals surface area contributed by atoms with Crippen LogP contribution in [-0.4, -0.2) is 92.9 Å². The number of nitrogens with one attached hydrogen (secondary N) is 3. The van der Waals surface area contributed by atoms with E-state index in [9.17, 15) is 33.9 Å². The zero-order valence-electron chi connectivity index (χ0n) is 18.0. The fourth-order valence-corrected chi connectivity index (χ4v) is 2.60. The fraction of sp³-hybridized carbons (Fsp3) is 0.667. The minimum absolute atomic E-state index is 0.213. The number of unbranched alkanes of at least 4 members (excludes halogenated alkanes) is 1. The lowest BCUT2D eigenvalue weighted by Crippen LogP contribution is -2.59. The first-order valence-corrected chi connectivity index (χ1v) is 10.0. The lowest BCUT2D eigenvalue weighted by atomic mass is 10.1. The van der Waals surface area contributed by atoms with Crippen molar-refractivity contribution in [2.75, 3.05) is 6.54 Å². The third-order valence-corrected chi connectivity index (χ3v) is 4.38. The van der Waals surface area contributed by atoms with Gasteiger partial charge >= 0.3 is 17.9 Å². The highest BCUT2D eigenvalue weighted by atomic mass is 16.4. The van der Waals surface area contributed by atoms with E-state index < -0.39 is 78.7 Å². The number of hydrogen-bond acceptors (Lipinski definition) is 9. The predicted octanol–water partition coefficient (Wildman–Crippen LogP) is -3.69. The highest BCUT2D eigenvalue weighted by Gasteiger charge is 2.33. The normalized spacial score (nSPS) is 15.3. The molecule has 0 rings (SSSR count). The first-order valence-electron chi connectivity index (χ1n) is 10.0. The van der Waals surface area contributed by atoms with Gasteiger partial charge in [0.15, 0.2) is 6.04 Å². The number of carboxylic acid groups (broad SMARTS) is 3. The van der Waals surface area contributed by atoms with Gasteiger partial charge in [-0.15, -0.1) is 0 Å². The molecule has 0 spiro atoms. The van der Waals surface area contributed by atoms with E-state index in [-0.39, 0.29) is 6.42 Å². The Hall–Kier alpha value is -3.30. The lowest BCUT2D eigenvalue weighted by Gasteiger charge is -2.24. The van der Waals surface area contributed by atoms with Crippen LogP contribution in [0.1, 0.15) is 39.0 Å². The van der Waals surface area contributed by atoms with Crippen LogP contribution in [0.25, 0.3) is 0 Å². The quantitative estimate of drug-likeness (QED) is 0.0972. The SMILES string of the molecule is CC(O)C(NC(=O)C(CC(=O)O)NC(=O)C(CC(=O)O)NC(=O)C(N)CCCCN)C(=O)O. The molecule has 0 heterocycles. The summed E-state index contributed by atoms with van der Waals surface area (Å²) in [7, 11) is 0. The van der Waals surface area contributed by atoms with Crippen molar-refractivity contribution in [3.05, 3.63) is 0 Å². The molecular weight excluding hydrogens is 446 g/mol. The van der Waals surface area contributed by atoms with Crippen molar-refractivity contribution in [2.24, 2.45) is 11.5 Å². The predicted molar refractivity (Wildman–Crippen MR) is 110 cm³/mol. The molecule has 0 fully saturated rings. The molecule has 188 valence electrons. The monoisotopic (exact) mass is 477 g/mol. The third kappa shape index (κ3) is 11.8. The summed E-state index contributed by atoms with van der Waals surface area (Å²) < 4.78 is 0. The Morgan fingerprint density at radius 2 is 1.24 bits per heavy atom. The Morgan fingerprint density at radius 1 is 0.788 bits per heavy atom. The van der Waals surface area contributed by atoms with Gasteiger partial charge in [-0.25, -0.2) is 4.79 Å². The van der Waals surface area contributed by atoms with E-state index >= 15 is 0 Å². The van der Waals surface area contributed by atoms with Gasteiger partial charge < -0.3 is 47.8 Å². The molecule has 0 aromatic rings. The molecule has 5 atom stereocenters. The fourth-order valence-electron chi connectivity index (χ4n) is 2.60. The molecule has 15 nitrogen and oxygen atoms in total. The number of nitrogens with two attached hydrogens (primary N) is 2. The Morgan fingerprint density at radius 3 is 1.64 bits per heavy atom. The van der Waals surface area contributed by atoms with Crippen LogP contribution >= 0.6 is 0 Å². The Balaban J connectivity index is 5.45. The van der Waals surface area contributed by atoms with E-state index in [1.54, 1.807) is 0 Å². The van der Waals surface area contributed by atoms with Crippen LogP contribution in [-0.2, 0) is 28.8 Å². The number of aliphatic hydroxyl groups is 1. The summed E-state index contributed by atoms with van der Waals surface area (Å²) in [4.78, 5) is 70.5. The zero-order valence-corrected chi connectivity index (χ0v) is 18.0. The van der Waals surface area contributed by atoms with E-state index in [4.69, 9.17) is 26.8 Å². The highest BCUT2D eigenvalue weighted by molar-refractivity contribution is 5.96. The van der Waals surface area contributed by atoms with Crippen LogP contribution < -0.4 is 27.4 Å². The molecule has 0 aliphatic carbocycles. The van der Waals surface area contributed by atoms with E-state index in [0.29, 0.717) is 19.4 Å². The zero-order chi connectivity index (χ0) is 25.7. The molecule has 5 unspecified atom stereocenters. The molecule has 15 heteroatoms. The second-order valence-electron chi connectivity index (χ2n) is 7.27. The van der Waals surface area contributed by atoms with Crippen molar-refractivity contribution in [1.82, 2.24) is 16.0 Å². The second-order valence-corrected chi connectivity index (χ2v) is 7.27. The molecule has 3 amide bonds. The summed E-state index contributed by atoms with van der Waals surface area (Å²) in [6.07, 6.45) is -2.13. The molecule has 0 aromatic carbocycles. The minimum Gasteiger partial charge on any atom is -0.481 e. The maximum Gasteiger partial charge on any atom is 0.328 e. The number of carbonyl (C=O) groups is 6. The van der Waals surface area contributed by atoms with Gasteiger partial charge in [-0.1, -0.05) is 6.42 Å². The summed E-state index contributed by atoms with van der Waals surface area (Å²) >= 11 is 0. The summed E-state index contributed by atoms with van der Waals surface area (Å²) in [6.45, 7) is 1.45. The van der Waals surface area contributed by atoms with Crippen LogP contribution in [0.2, 0.25) is 0 Å². The van der Waals surface area contributed by atoms with Crippen LogP contribution in [0.15, 0.2) is 0 Å². The molecular formula is C18H31N5O10. The molecule has 0 radical (unpaired) electrons. The van der Waals surface area contributed by atoms with E-state index in [1.165, 1.54) is 0 Å². The van der Waals surface area contributed by atoms with Crippen LogP contribution in [0.5, 0.6) is 0 Å². The van der Waals surface area contributed by atoms with Gasteiger partial charge in [0.05, 0.1) is 25.0 Å². The van der Waals surface area contributed by atoms with Crippen molar-refractivity contribution < 1.29 is 49.2 Å². The second kappa shape index (κ2) is 14.7. The smallest absolute Gasteiger partial charge is 0.328 e. The number of rotatable bonds is 16. The summed E-state index contributed by atoms with van der Waals surface area (Å²) in [5.41, 5.74) is 11.1. The molecule has 33 heavy (non-hydrogen) atoms. The molecule has 0 aliphatic rings. The average molecular weight is 477 g/mol. The van der Waals surface area contributed by atoms with E-state index in [1.807, 2.05) is 10.6 Å². The van der Waals surface area contributed by atoms with Gasteiger partial charge in [0, 0.05) is 0 Å². The third-order valence-electron chi connectivity index (χ3n) is 4.38. The standard InChI is InChI=1S/C18H31N5O10/c1-8(24)14(18(32)33)23-17(31)11(7-13(27)28)22-16(30)10(6-12(25)26)21-15(29)9(20)4-2-3-5-19/h8-11,14,24H,2-7,19-20H2,1H3,(H,21,29)(H,22,30)(H,23,31)(H,25,26)(H,27,28)(H,32,33). The molecule has 0 saturated heterocycles. The number of carbonyl (C=O) groups excluding carboxylic acids is 3. The van der Waals surface area contributed by atoms with Gasteiger partial charge in [-0.05, 0) is 26.3 Å². The molecule has 0 aromatic heterocycles. The highest BCUT2D eigenvalue weighted by Crippen LogP contribution is 2.03. The number of aliphatic carboxylic acids is 3. The number of aliphatic hydroxyl groups excluding tert-OH is 1. The van der Waals surface area contributed by atoms with Gasteiger partial charge in [-0.2, -0.15) is 0 Å². The first kappa shape index (κ1) is 29.7. The van der Waals surface area contributed by atoms with Gasteiger partial charge in [0.1, 0.15) is 12.1 Å². The van der Waals surface area contributed by atoms with Crippen molar-refractivity contribution >= 4 is 35.6 Å². The lowest BCUT2D eigenvalue weighted by molar-refractivity contribution is -0.146. The summed E-state index contributed by atoms with van der Waals surface area (Å²) in [5, 5.41) is 42.6.